The van der Waals surface area contributed by atoms with Crippen molar-refractivity contribution >= 4 is 17.5 Å². The van der Waals surface area contributed by atoms with Gasteiger partial charge in [-0.15, -0.1) is 0 Å². The first-order valence-electron chi connectivity index (χ1n) is 6.70. The zero-order chi connectivity index (χ0) is 15.0. The summed E-state index contributed by atoms with van der Waals surface area (Å²) in [6.45, 7) is 4.31. The highest BCUT2D eigenvalue weighted by atomic mass is 35.5. The molecular formula is C13H17ClN6O. The van der Waals surface area contributed by atoms with E-state index in [1.165, 1.54) is 0 Å². The predicted octanol–water partition coefficient (Wildman–Crippen LogP) is 1.94. The summed E-state index contributed by atoms with van der Waals surface area (Å²) in [7, 11) is 1.74. The number of ether oxygens (including phenoxy) is 1. The van der Waals surface area contributed by atoms with Crippen molar-refractivity contribution in [1.29, 1.82) is 0 Å². The number of halogens is 1. The van der Waals surface area contributed by atoms with Crippen LogP contribution >= 0.6 is 11.6 Å². The third-order valence-corrected chi connectivity index (χ3v) is 4.27. The first kappa shape index (κ1) is 14.2. The van der Waals surface area contributed by atoms with Crippen LogP contribution in [0.5, 0.6) is 0 Å². The highest BCUT2D eigenvalue weighted by Gasteiger charge is 2.48. The molecule has 1 aliphatic rings. The standard InChI is InChI=1S/C13H17ClN6O/c1-13(2)8(6-9(13)21-3)16-11-17-10(14)18-12(19-11)20-5-4-15-7-20/h4-5,7-9H,6H2,1-3H3,(H,16,17,18,19). The van der Waals surface area contributed by atoms with E-state index in [9.17, 15) is 0 Å². The van der Waals surface area contributed by atoms with Crippen LogP contribution < -0.4 is 5.32 Å². The van der Waals surface area contributed by atoms with Gasteiger partial charge in [0.25, 0.3) is 0 Å². The van der Waals surface area contributed by atoms with Gasteiger partial charge in [0.05, 0.1) is 6.10 Å². The fourth-order valence-electron chi connectivity index (χ4n) is 2.58. The number of imidazole rings is 1. The van der Waals surface area contributed by atoms with Gasteiger partial charge in [0.15, 0.2) is 0 Å². The third-order valence-electron chi connectivity index (χ3n) is 4.10. The van der Waals surface area contributed by atoms with Crippen LogP contribution in [-0.4, -0.2) is 43.8 Å². The van der Waals surface area contributed by atoms with Crippen LogP contribution in [0.2, 0.25) is 5.28 Å². The van der Waals surface area contributed by atoms with Gasteiger partial charge >= 0.3 is 0 Å². The highest BCUT2D eigenvalue weighted by molar-refractivity contribution is 6.28. The van der Waals surface area contributed by atoms with Crippen LogP contribution in [0.1, 0.15) is 20.3 Å². The molecule has 7 nitrogen and oxygen atoms in total. The van der Waals surface area contributed by atoms with Gasteiger partial charge in [-0.3, -0.25) is 4.57 Å². The highest BCUT2D eigenvalue weighted by Crippen LogP contribution is 2.43. The summed E-state index contributed by atoms with van der Waals surface area (Å²) < 4.78 is 7.13. The average Bonchev–Trinajstić information content (AvgIpc) is 2.96. The normalized spacial score (nSPS) is 23.6. The van der Waals surface area contributed by atoms with Gasteiger partial charge in [0.2, 0.25) is 17.2 Å². The Morgan fingerprint density at radius 1 is 1.38 bits per heavy atom. The summed E-state index contributed by atoms with van der Waals surface area (Å²) in [6.07, 6.45) is 6.17. The van der Waals surface area contributed by atoms with E-state index >= 15 is 0 Å². The second kappa shape index (κ2) is 5.23. The molecular weight excluding hydrogens is 292 g/mol. The Kier molecular flexibility index (Phi) is 3.54. The molecule has 8 heteroatoms. The lowest BCUT2D eigenvalue weighted by molar-refractivity contribution is -0.0796. The molecule has 2 heterocycles. The average molecular weight is 309 g/mol. The minimum atomic E-state index is 0.0169. The molecule has 0 amide bonds. The molecule has 1 saturated carbocycles. The smallest absolute Gasteiger partial charge is 0.241 e. The number of rotatable bonds is 4. The van der Waals surface area contributed by atoms with E-state index < -0.39 is 0 Å². The molecule has 0 spiro atoms. The number of hydrogen-bond acceptors (Lipinski definition) is 6. The van der Waals surface area contributed by atoms with Gasteiger partial charge in [0.1, 0.15) is 6.33 Å². The molecule has 2 unspecified atom stereocenters. The maximum Gasteiger partial charge on any atom is 0.241 e. The lowest BCUT2D eigenvalue weighted by atomic mass is 9.64. The summed E-state index contributed by atoms with van der Waals surface area (Å²) >= 11 is 5.98. The van der Waals surface area contributed by atoms with Gasteiger partial charge in [-0.2, -0.15) is 15.0 Å². The van der Waals surface area contributed by atoms with E-state index in [2.05, 4.69) is 39.1 Å². The summed E-state index contributed by atoms with van der Waals surface area (Å²) in [5.41, 5.74) is 0.0169. The van der Waals surface area contributed by atoms with Crippen molar-refractivity contribution in [2.75, 3.05) is 12.4 Å². The number of hydrogen-bond donors (Lipinski definition) is 1. The minimum Gasteiger partial charge on any atom is -0.381 e. The quantitative estimate of drug-likeness (QED) is 0.930. The summed E-state index contributed by atoms with van der Waals surface area (Å²) in [5.74, 6) is 0.904. The second-order valence-corrected chi connectivity index (χ2v) is 6.01. The Morgan fingerprint density at radius 2 is 2.19 bits per heavy atom. The Labute approximate surface area is 127 Å². The Hall–Kier alpha value is -1.73. The zero-order valence-corrected chi connectivity index (χ0v) is 12.9. The van der Waals surface area contributed by atoms with Gasteiger partial charge in [-0.25, -0.2) is 4.98 Å². The molecule has 1 N–H and O–H groups in total. The first-order valence-corrected chi connectivity index (χ1v) is 7.07. The predicted molar refractivity (Wildman–Crippen MR) is 78.6 cm³/mol. The van der Waals surface area contributed by atoms with E-state index in [-0.39, 0.29) is 22.8 Å². The molecule has 0 saturated heterocycles. The monoisotopic (exact) mass is 308 g/mol. The molecule has 112 valence electrons. The van der Waals surface area contributed by atoms with Crippen molar-refractivity contribution < 1.29 is 4.74 Å². The molecule has 0 radical (unpaired) electrons. The Balaban J connectivity index is 1.81. The summed E-state index contributed by atoms with van der Waals surface area (Å²) in [6, 6.07) is 0.233. The molecule has 0 bridgehead atoms. The van der Waals surface area contributed by atoms with E-state index in [1.54, 1.807) is 30.4 Å². The van der Waals surface area contributed by atoms with Crippen LogP contribution in [0.15, 0.2) is 18.7 Å². The molecule has 0 aromatic carbocycles. The lowest BCUT2D eigenvalue weighted by Crippen LogP contribution is -2.57. The third kappa shape index (κ3) is 2.58. The van der Waals surface area contributed by atoms with E-state index in [0.717, 1.165) is 6.42 Å². The van der Waals surface area contributed by atoms with Crippen molar-refractivity contribution in [1.82, 2.24) is 24.5 Å². The molecule has 2 aromatic rings. The number of aromatic nitrogens is 5. The molecule has 21 heavy (non-hydrogen) atoms. The van der Waals surface area contributed by atoms with Crippen LogP contribution in [0.3, 0.4) is 0 Å². The lowest BCUT2D eigenvalue weighted by Gasteiger charge is -2.51. The maximum atomic E-state index is 5.98. The van der Waals surface area contributed by atoms with Crippen molar-refractivity contribution in [3.63, 3.8) is 0 Å². The van der Waals surface area contributed by atoms with Crippen LogP contribution in [0.4, 0.5) is 5.95 Å². The molecule has 2 aromatic heterocycles. The van der Waals surface area contributed by atoms with E-state index in [4.69, 9.17) is 16.3 Å². The SMILES string of the molecule is COC1CC(Nc2nc(Cl)nc(-n3ccnc3)n2)C1(C)C. The number of anilines is 1. The Morgan fingerprint density at radius 3 is 2.81 bits per heavy atom. The molecule has 0 aliphatic heterocycles. The summed E-state index contributed by atoms with van der Waals surface area (Å²) in [5, 5.41) is 3.47. The minimum absolute atomic E-state index is 0.0169. The van der Waals surface area contributed by atoms with Gasteiger partial charge < -0.3 is 10.1 Å². The van der Waals surface area contributed by atoms with Gasteiger partial charge in [0, 0.05) is 31.0 Å². The molecule has 2 atom stereocenters. The van der Waals surface area contributed by atoms with Gasteiger partial charge in [-0.05, 0) is 18.0 Å². The zero-order valence-electron chi connectivity index (χ0n) is 12.1. The fraction of sp³-hybridized carbons (Fsp3) is 0.538. The van der Waals surface area contributed by atoms with Crippen LogP contribution in [0, 0.1) is 5.41 Å². The fourth-order valence-corrected chi connectivity index (χ4v) is 2.74. The molecule has 1 fully saturated rings. The summed E-state index contributed by atoms with van der Waals surface area (Å²) in [4.78, 5) is 16.6. The second-order valence-electron chi connectivity index (χ2n) is 5.68. The van der Waals surface area contributed by atoms with Crippen LogP contribution in [0.25, 0.3) is 5.95 Å². The van der Waals surface area contributed by atoms with Crippen molar-refractivity contribution in [3.8, 4) is 5.95 Å². The topological polar surface area (TPSA) is 77.8 Å². The number of nitrogens with one attached hydrogen (secondary N) is 1. The number of methoxy groups -OCH3 is 1. The van der Waals surface area contributed by atoms with Crippen molar-refractivity contribution in [3.05, 3.63) is 24.0 Å². The van der Waals surface area contributed by atoms with Crippen molar-refractivity contribution in [2.45, 2.75) is 32.4 Å². The maximum absolute atomic E-state index is 5.98. The van der Waals surface area contributed by atoms with Crippen LogP contribution in [-0.2, 0) is 4.74 Å². The Bertz CT molecular complexity index is 630. The number of nitrogens with zero attached hydrogens (tertiary/aromatic N) is 5. The van der Waals surface area contributed by atoms with E-state index in [1.807, 2.05) is 0 Å². The van der Waals surface area contributed by atoms with Gasteiger partial charge in [-0.1, -0.05) is 13.8 Å². The molecule has 3 rings (SSSR count). The largest absolute Gasteiger partial charge is 0.381 e. The molecule has 1 aliphatic carbocycles. The van der Waals surface area contributed by atoms with E-state index in [0.29, 0.717) is 11.9 Å². The first-order chi connectivity index (χ1) is 10.0. The van der Waals surface area contributed by atoms with Crippen molar-refractivity contribution in [2.24, 2.45) is 5.41 Å².